The summed E-state index contributed by atoms with van der Waals surface area (Å²) in [6.07, 6.45) is 1.88. The van der Waals surface area contributed by atoms with Gasteiger partial charge in [0.1, 0.15) is 17.2 Å². The standard InChI is InChI=1S/C26H33N7O3.ClH/c1-16-19(26(2,30-12-11-22(34)35)25(36)33-13-3-4-14-33)9-10-20-23(16)32-21(31-20)15-29-18-7-5-17(6-8-18)24(27)28;/h5-10,29-30H,3-4,11-15H2,1-2H3,(H3,27,28)(H,31,32)(H,34,35);1H. The minimum Gasteiger partial charge on any atom is -0.481 e. The first kappa shape index (κ1) is 27.9. The molecular weight excluding hydrogens is 494 g/mol. The van der Waals surface area contributed by atoms with E-state index in [1.807, 2.05) is 43.0 Å². The van der Waals surface area contributed by atoms with Gasteiger partial charge >= 0.3 is 5.97 Å². The summed E-state index contributed by atoms with van der Waals surface area (Å²) in [6.45, 7) is 5.85. The number of aryl methyl sites for hydroxylation is 1. The number of nitrogens with one attached hydrogen (secondary N) is 4. The van der Waals surface area contributed by atoms with E-state index in [0.717, 1.165) is 46.5 Å². The second-order valence-corrected chi connectivity index (χ2v) is 9.36. The lowest BCUT2D eigenvalue weighted by Crippen LogP contribution is -2.54. The number of anilines is 1. The van der Waals surface area contributed by atoms with Crippen LogP contribution < -0.4 is 16.4 Å². The van der Waals surface area contributed by atoms with Crippen LogP contribution in [0.5, 0.6) is 0 Å². The molecule has 1 saturated heterocycles. The minimum absolute atomic E-state index is 0. The van der Waals surface area contributed by atoms with Crippen LogP contribution in [-0.2, 0) is 21.7 Å². The van der Waals surface area contributed by atoms with Crippen molar-refractivity contribution in [1.29, 1.82) is 5.41 Å². The number of carboxylic acid groups (broad SMARTS) is 1. The molecule has 7 N–H and O–H groups in total. The molecule has 1 aliphatic rings. The molecule has 11 heteroatoms. The Morgan fingerprint density at radius 3 is 2.49 bits per heavy atom. The third-order valence-corrected chi connectivity index (χ3v) is 6.79. The monoisotopic (exact) mass is 527 g/mol. The second kappa shape index (κ2) is 11.6. The summed E-state index contributed by atoms with van der Waals surface area (Å²) in [5, 5.41) is 23.2. The number of hydrogen-bond donors (Lipinski definition) is 6. The number of aliphatic carboxylic acids is 1. The number of amides is 1. The fraction of sp³-hybridized carbons (Fsp3) is 0.385. The van der Waals surface area contributed by atoms with Gasteiger partial charge in [-0.25, -0.2) is 4.98 Å². The van der Waals surface area contributed by atoms with E-state index in [0.29, 0.717) is 25.2 Å². The van der Waals surface area contributed by atoms with E-state index in [4.69, 9.17) is 21.2 Å². The highest BCUT2D eigenvalue weighted by atomic mass is 35.5. The fourth-order valence-corrected chi connectivity index (χ4v) is 4.78. The average molecular weight is 528 g/mol. The number of hydrogen-bond acceptors (Lipinski definition) is 6. The number of rotatable bonds is 10. The number of nitrogens with two attached hydrogens (primary N) is 1. The number of fused-ring (bicyclic) bond motifs is 1. The van der Waals surface area contributed by atoms with Gasteiger partial charge < -0.3 is 26.0 Å². The number of nitrogen functional groups attached to an aromatic ring is 1. The van der Waals surface area contributed by atoms with Gasteiger partial charge in [0.15, 0.2) is 0 Å². The highest BCUT2D eigenvalue weighted by Crippen LogP contribution is 2.32. The van der Waals surface area contributed by atoms with E-state index in [2.05, 4.69) is 15.6 Å². The van der Waals surface area contributed by atoms with Gasteiger partial charge in [-0.05, 0) is 68.1 Å². The first-order valence-corrected chi connectivity index (χ1v) is 12.1. The summed E-state index contributed by atoms with van der Waals surface area (Å²) >= 11 is 0. The number of aromatic nitrogens is 2. The lowest BCUT2D eigenvalue weighted by molar-refractivity contribution is -0.139. The number of amidine groups is 1. The van der Waals surface area contributed by atoms with E-state index in [-0.39, 0.29) is 37.1 Å². The Hall–Kier alpha value is -3.63. The minimum atomic E-state index is -1.06. The molecule has 37 heavy (non-hydrogen) atoms. The molecule has 1 fully saturated rings. The zero-order chi connectivity index (χ0) is 25.9. The lowest BCUT2D eigenvalue weighted by Gasteiger charge is -2.35. The van der Waals surface area contributed by atoms with Crippen LogP contribution in [0.3, 0.4) is 0 Å². The third kappa shape index (κ3) is 6.03. The maximum Gasteiger partial charge on any atom is 0.304 e. The maximum atomic E-state index is 13.6. The van der Waals surface area contributed by atoms with Crippen LogP contribution in [-0.4, -0.2) is 57.3 Å². The first-order valence-electron chi connectivity index (χ1n) is 12.1. The van der Waals surface area contributed by atoms with Gasteiger partial charge in [0, 0.05) is 30.9 Å². The van der Waals surface area contributed by atoms with Gasteiger partial charge in [0.25, 0.3) is 0 Å². The zero-order valence-electron chi connectivity index (χ0n) is 21.1. The molecule has 0 radical (unpaired) electrons. The van der Waals surface area contributed by atoms with E-state index in [1.165, 1.54) is 0 Å². The number of carbonyl (C=O) groups excluding carboxylic acids is 1. The molecule has 0 aliphatic carbocycles. The fourth-order valence-electron chi connectivity index (χ4n) is 4.78. The van der Waals surface area contributed by atoms with Gasteiger partial charge in [-0.1, -0.05) is 6.07 Å². The Morgan fingerprint density at radius 2 is 1.86 bits per heavy atom. The Morgan fingerprint density at radius 1 is 1.19 bits per heavy atom. The molecule has 3 aromatic rings. The van der Waals surface area contributed by atoms with Crippen molar-refractivity contribution in [3.8, 4) is 0 Å². The maximum absolute atomic E-state index is 13.6. The van der Waals surface area contributed by atoms with Gasteiger partial charge in [0.2, 0.25) is 5.91 Å². The van der Waals surface area contributed by atoms with Crippen LogP contribution >= 0.6 is 12.4 Å². The SMILES string of the molecule is Cc1c(C(C)(NCCC(=O)O)C(=O)N2CCCC2)ccc2[nH]c(CNc3ccc(C(=N)N)cc3)nc12.Cl. The Bertz CT molecular complexity index is 1290. The second-order valence-electron chi connectivity index (χ2n) is 9.36. The van der Waals surface area contributed by atoms with Crippen molar-refractivity contribution >= 4 is 46.8 Å². The molecule has 1 unspecified atom stereocenters. The summed E-state index contributed by atoms with van der Waals surface area (Å²) in [4.78, 5) is 34.7. The van der Waals surface area contributed by atoms with Crippen molar-refractivity contribution in [3.05, 3.63) is 58.9 Å². The highest BCUT2D eigenvalue weighted by molar-refractivity contribution is 5.95. The van der Waals surface area contributed by atoms with Crippen LogP contribution in [0.4, 0.5) is 5.69 Å². The van der Waals surface area contributed by atoms with E-state index in [9.17, 15) is 9.59 Å². The van der Waals surface area contributed by atoms with Gasteiger partial charge in [-0.2, -0.15) is 0 Å². The molecule has 0 saturated carbocycles. The predicted molar refractivity (Wildman–Crippen MR) is 146 cm³/mol. The number of imidazole rings is 1. The molecule has 10 nitrogen and oxygen atoms in total. The molecule has 4 rings (SSSR count). The van der Waals surface area contributed by atoms with Crippen molar-refractivity contribution in [2.75, 3.05) is 25.0 Å². The first-order chi connectivity index (χ1) is 17.2. The van der Waals surface area contributed by atoms with Gasteiger partial charge in [-0.15, -0.1) is 12.4 Å². The molecular formula is C26H34ClN7O3. The lowest BCUT2D eigenvalue weighted by atomic mass is 9.86. The van der Waals surface area contributed by atoms with Crippen LogP contribution in [0.1, 0.15) is 48.7 Å². The van der Waals surface area contributed by atoms with Crippen molar-refractivity contribution in [2.24, 2.45) is 5.73 Å². The molecule has 1 aromatic heterocycles. The molecule has 2 aromatic carbocycles. The molecule has 1 aliphatic heterocycles. The number of aromatic amines is 1. The molecule has 2 heterocycles. The number of halogens is 1. The molecule has 0 bridgehead atoms. The number of carbonyl (C=O) groups is 2. The van der Waals surface area contributed by atoms with Crippen molar-refractivity contribution in [2.45, 2.75) is 45.2 Å². The summed E-state index contributed by atoms with van der Waals surface area (Å²) in [7, 11) is 0. The van der Waals surface area contributed by atoms with Crippen molar-refractivity contribution in [1.82, 2.24) is 20.2 Å². The topological polar surface area (TPSA) is 160 Å². The summed E-state index contributed by atoms with van der Waals surface area (Å²) < 4.78 is 0. The summed E-state index contributed by atoms with van der Waals surface area (Å²) in [6, 6.07) is 11.1. The van der Waals surface area contributed by atoms with Crippen LogP contribution in [0.2, 0.25) is 0 Å². The number of carboxylic acids is 1. The smallest absolute Gasteiger partial charge is 0.304 e. The van der Waals surface area contributed by atoms with Crippen LogP contribution in [0.15, 0.2) is 36.4 Å². The van der Waals surface area contributed by atoms with Crippen molar-refractivity contribution < 1.29 is 14.7 Å². The van der Waals surface area contributed by atoms with Crippen LogP contribution in [0.25, 0.3) is 11.0 Å². The largest absolute Gasteiger partial charge is 0.481 e. The summed E-state index contributed by atoms with van der Waals surface area (Å²) in [5.74, 6) is -0.185. The number of nitrogens with zero attached hydrogens (tertiary/aromatic N) is 2. The van der Waals surface area contributed by atoms with Gasteiger partial charge in [0.05, 0.1) is 24.0 Å². The Kier molecular flexibility index (Phi) is 8.77. The Labute approximate surface area is 221 Å². The van der Waals surface area contributed by atoms with Crippen LogP contribution in [0, 0.1) is 12.3 Å². The molecule has 198 valence electrons. The van der Waals surface area contributed by atoms with Crippen molar-refractivity contribution in [3.63, 3.8) is 0 Å². The van der Waals surface area contributed by atoms with E-state index in [1.54, 1.807) is 12.1 Å². The predicted octanol–water partition coefficient (Wildman–Crippen LogP) is 3.09. The molecule has 0 spiro atoms. The number of benzene rings is 2. The summed E-state index contributed by atoms with van der Waals surface area (Å²) in [5.41, 5.74) is 9.30. The normalized spacial score (nSPS) is 14.7. The van der Waals surface area contributed by atoms with E-state index >= 15 is 0 Å². The Balaban J connectivity index is 0.00000380. The van der Waals surface area contributed by atoms with Gasteiger partial charge in [-0.3, -0.25) is 20.3 Å². The zero-order valence-corrected chi connectivity index (χ0v) is 21.9. The average Bonchev–Trinajstić information content (AvgIpc) is 3.53. The molecule has 1 atom stereocenters. The number of likely N-dealkylation sites (tertiary alicyclic amines) is 1. The van der Waals surface area contributed by atoms with E-state index < -0.39 is 11.5 Å². The number of H-pyrrole nitrogens is 1. The quantitative estimate of drug-likeness (QED) is 0.174. The molecule has 1 amide bonds. The highest BCUT2D eigenvalue weighted by Gasteiger charge is 2.40. The third-order valence-electron chi connectivity index (χ3n) is 6.79.